The van der Waals surface area contributed by atoms with E-state index in [9.17, 15) is 8.78 Å². The first-order valence-electron chi connectivity index (χ1n) is 3.47. The average Bonchev–Trinajstić information content (AvgIpc) is 2.01. The SMILES string of the molecule is OCc1cc(Cl)cc(SC(F)F)c1. The molecule has 0 spiro atoms. The quantitative estimate of drug-likeness (QED) is 0.796. The first kappa shape index (κ1) is 10.8. The average molecular weight is 225 g/mol. The summed E-state index contributed by atoms with van der Waals surface area (Å²) in [7, 11) is 0. The van der Waals surface area contributed by atoms with E-state index in [4.69, 9.17) is 16.7 Å². The Hall–Kier alpha value is -0.320. The molecule has 0 atom stereocenters. The van der Waals surface area contributed by atoms with Gasteiger partial charge in [-0.1, -0.05) is 23.4 Å². The van der Waals surface area contributed by atoms with Crippen LogP contribution in [0.2, 0.25) is 5.02 Å². The Morgan fingerprint density at radius 2 is 2.08 bits per heavy atom. The van der Waals surface area contributed by atoms with Gasteiger partial charge in [-0.15, -0.1) is 0 Å². The van der Waals surface area contributed by atoms with Crippen molar-refractivity contribution in [1.82, 2.24) is 0 Å². The van der Waals surface area contributed by atoms with Crippen molar-refractivity contribution in [2.45, 2.75) is 17.3 Å². The molecule has 13 heavy (non-hydrogen) atoms. The smallest absolute Gasteiger partial charge is 0.288 e. The molecule has 0 unspecified atom stereocenters. The Bertz CT molecular complexity index is 293. The minimum absolute atomic E-state index is 0.197. The molecule has 0 bridgehead atoms. The highest BCUT2D eigenvalue weighted by atomic mass is 35.5. The summed E-state index contributed by atoms with van der Waals surface area (Å²) in [5.74, 6) is -2.47. The third-order valence-electron chi connectivity index (χ3n) is 1.34. The maximum absolute atomic E-state index is 11.9. The van der Waals surface area contributed by atoms with Crippen LogP contribution < -0.4 is 0 Å². The summed E-state index contributed by atoms with van der Waals surface area (Å²) in [6, 6.07) is 4.47. The van der Waals surface area contributed by atoms with E-state index in [1.807, 2.05) is 0 Å². The number of rotatable bonds is 3. The van der Waals surface area contributed by atoms with Gasteiger partial charge in [0.1, 0.15) is 0 Å². The van der Waals surface area contributed by atoms with E-state index in [0.717, 1.165) is 0 Å². The summed E-state index contributed by atoms with van der Waals surface area (Å²) in [5, 5.41) is 9.12. The highest BCUT2D eigenvalue weighted by Crippen LogP contribution is 2.28. The minimum Gasteiger partial charge on any atom is -0.392 e. The maximum Gasteiger partial charge on any atom is 0.288 e. The first-order valence-corrected chi connectivity index (χ1v) is 4.72. The van der Waals surface area contributed by atoms with E-state index in [1.54, 1.807) is 0 Å². The van der Waals surface area contributed by atoms with E-state index in [2.05, 4.69) is 0 Å². The van der Waals surface area contributed by atoms with Gasteiger partial charge in [0, 0.05) is 9.92 Å². The molecular weight excluding hydrogens is 218 g/mol. The lowest BCUT2D eigenvalue weighted by atomic mass is 10.2. The molecule has 0 aliphatic heterocycles. The number of thioether (sulfide) groups is 1. The van der Waals surface area contributed by atoms with Crippen LogP contribution in [-0.4, -0.2) is 10.9 Å². The van der Waals surface area contributed by atoms with E-state index in [-0.39, 0.29) is 6.61 Å². The van der Waals surface area contributed by atoms with Crippen LogP contribution in [-0.2, 0) is 6.61 Å². The van der Waals surface area contributed by atoms with Gasteiger partial charge >= 0.3 is 0 Å². The molecule has 0 fully saturated rings. The van der Waals surface area contributed by atoms with Crippen molar-refractivity contribution in [1.29, 1.82) is 0 Å². The molecule has 0 radical (unpaired) electrons. The van der Waals surface area contributed by atoms with Gasteiger partial charge in [0.15, 0.2) is 0 Å². The van der Waals surface area contributed by atoms with Gasteiger partial charge in [-0.05, 0) is 23.8 Å². The zero-order chi connectivity index (χ0) is 9.84. The normalized spacial score (nSPS) is 10.8. The fourth-order valence-electron chi connectivity index (χ4n) is 0.883. The minimum atomic E-state index is -2.47. The number of benzene rings is 1. The highest BCUT2D eigenvalue weighted by molar-refractivity contribution is 7.99. The molecule has 1 nitrogen and oxygen atoms in total. The highest BCUT2D eigenvalue weighted by Gasteiger charge is 2.06. The van der Waals surface area contributed by atoms with E-state index < -0.39 is 5.76 Å². The Balaban J connectivity index is 2.88. The van der Waals surface area contributed by atoms with Gasteiger partial charge in [-0.3, -0.25) is 0 Å². The van der Waals surface area contributed by atoms with Crippen LogP contribution in [0, 0.1) is 0 Å². The molecule has 0 aliphatic carbocycles. The molecule has 0 saturated carbocycles. The van der Waals surface area contributed by atoms with Gasteiger partial charge in [-0.25, -0.2) is 0 Å². The third kappa shape index (κ3) is 3.50. The van der Waals surface area contributed by atoms with Crippen molar-refractivity contribution in [2.24, 2.45) is 0 Å². The van der Waals surface area contributed by atoms with Crippen molar-refractivity contribution in [3.05, 3.63) is 28.8 Å². The summed E-state index contributed by atoms with van der Waals surface area (Å²) in [6.45, 7) is -0.197. The molecule has 1 rings (SSSR count). The molecule has 0 amide bonds. The fourth-order valence-corrected chi connectivity index (χ4v) is 1.83. The van der Waals surface area contributed by atoms with Crippen LogP contribution in [0.4, 0.5) is 8.78 Å². The monoisotopic (exact) mass is 224 g/mol. The number of aliphatic hydroxyl groups is 1. The summed E-state index contributed by atoms with van der Waals surface area (Å²) in [6.07, 6.45) is 0. The lowest BCUT2D eigenvalue weighted by Crippen LogP contribution is -1.86. The van der Waals surface area contributed by atoms with Crippen molar-refractivity contribution >= 4 is 23.4 Å². The van der Waals surface area contributed by atoms with Gasteiger partial charge in [0.2, 0.25) is 0 Å². The standard InChI is InChI=1S/C8H7ClF2OS/c9-6-1-5(4-12)2-7(3-6)13-8(10)11/h1-3,8,12H,4H2. The van der Waals surface area contributed by atoms with Crippen LogP contribution >= 0.6 is 23.4 Å². The molecular formula is C8H7ClF2OS. The largest absolute Gasteiger partial charge is 0.392 e. The molecule has 0 aliphatic rings. The number of alkyl halides is 2. The Kier molecular flexibility index (Phi) is 3.96. The van der Waals surface area contributed by atoms with Gasteiger partial charge in [0.05, 0.1) is 6.61 Å². The summed E-state index contributed by atoms with van der Waals surface area (Å²) in [4.78, 5) is 0.367. The molecule has 5 heteroatoms. The number of aliphatic hydroxyl groups excluding tert-OH is 1. The van der Waals surface area contributed by atoms with Crippen LogP contribution in [0.5, 0.6) is 0 Å². The molecule has 0 aromatic heterocycles. The maximum atomic E-state index is 11.9. The second-order valence-electron chi connectivity index (χ2n) is 2.33. The Morgan fingerprint density at radius 1 is 1.38 bits per heavy atom. The molecule has 1 N–H and O–H groups in total. The second-order valence-corrected chi connectivity index (χ2v) is 3.83. The summed E-state index contributed by atoms with van der Waals surface area (Å²) >= 11 is 6.06. The number of hydrogen-bond acceptors (Lipinski definition) is 2. The number of halogens is 3. The Morgan fingerprint density at radius 3 is 2.62 bits per heavy atom. The van der Waals surface area contributed by atoms with Crippen LogP contribution in [0.15, 0.2) is 23.1 Å². The van der Waals surface area contributed by atoms with Crippen molar-refractivity contribution in [3.8, 4) is 0 Å². The van der Waals surface area contributed by atoms with Gasteiger partial charge in [-0.2, -0.15) is 8.78 Å². The van der Waals surface area contributed by atoms with Crippen molar-refractivity contribution in [2.75, 3.05) is 0 Å². The number of hydrogen-bond donors (Lipinski definition) is 1. The first-order chi connectivity index (χ1) is 6.11. The lowest BCUT2D eigenvalue weighted by molar-refractivity contribution is 0.252. The lowest BCUT2D eigenvalue weighted by Gasteiger charge is -2.03. The fraction of sp³-hybridized carbons (Fsp3) is 0.250. The van der Waals surface area contributed by atoms with Gasteiger partial charge in [0.25, 0.3) is 5.76 Å². The molecule has 72 valence electrons. The summed E-state index contributed by atoms with van der Waals surface area (Å²) in [5.41, 5.74) is 0.538. The predicted octanol–water partition coefficient (Wildman–Crippen LogP) is 3.15. The molecule has 0 saturated heterocycles. The van der Waals surface area contributed by atoms with Crippen molar-refractivity contribution in [3.63, 3.8) is 0 Å². The topological polar surface area (TPSA) is 20.2 Å². The van der Waals surface area contributed by atoms with E-state index >= 15 is 0 Å². The molecule has 1 aromatic carbocycles. The zero-order valence-electron chi connectivity index (χ0n) is 6.51. The summed E-state index contributed by atoms with van der Waals surface area (Å²) < 4.78 is 23.9. The van der Waals surface area contributed by atoms with Gasteiger partial charge < -0.3 is 5.11 Å². The van der Waals surface area contributed by atoms with Crippen LogP contribution in [0.1, 0.15) is 5.56 Å². The van der Waals surface area contributed by atoms with E-state index in [1.165, 1.54) is 18.2 Å². The van der Waals surface area contributed by atoms with Crippen LogP contribution in [0.25, 0.3) is 0 Å². The Labute approximate surface area is 83.7 Å². The molecule has 1 aromatic rings. The van der Waals surface area contributed by atoms with Crippen molar-refractivity contribution < 1.29 is 13.9 Å². The third-order valence-corrected chi connectivity index (χ3v) is 2.24. The second kappa shape index (κ2) is 4.79. The van der Waals surface area contributed by atoms with Crippen LogP contribution in [0.3, 0.4) is 0 Å². The predicted molar refractivity (Wildman–Crippen MR) is 49.2 cm³/mol. The molecule has 0 heterocycles. The van der Waals surface area contributed by atoms with E-state index in [0.29, 0.717) is 27.2 Å². The zero-order valence-corrected chi connectivity index (χ0v) is 8.08.